The Labute approximate surface area is 130 Å². The van der Waals surface area contributed by atoms with E-state index >= 15 is 0 Å². The number of esters is 1. The number of likely N-dealkylation sites (tertiary alicyclic amines) is 1. The first kappa shape index (κ1) is 18.4. The van der Waals surface area contributed by atoms with E-state index < -0.39 is 23.8 Å². The lowest BCUT2D eigenvalue weighted by atomic mass is 9.93. The highest BCUT2D eigenvalue weighted by Crippen LogP contribution is 2.24. The van der Waals surface area contributed by atoms with Crippen LogP contribution >= 0.6 is 0 Å². The van der Waals surface area contributed by atoms with Gasteiger partial charge in [0.2, 0.25) is 11.8 Å². The van der Waals surface area contributed by atoms with Gasteiger partial charge in [-0.1, -0.05) is 19.8 Å². The second-order valence-electron chi connectivity index (χ2n) is 5.64. The number of carbonyl (C=O) groups excluding carboxylic acids is 3. The summed E-state index contributed by atoms with van der Waals surface area (Å²) in [6.45, 7) is 2.51. The number of amides is 2. The minimum absolute atomic E-state index is 0.0697. The summed E-state index contributed by atoms with van der Waals surface area (Å²) in [5.74, 6) is -1.71. The van der Waals surface area contributed by atoms with Gasteiger partial charge in [-0.25, -0.2) is 10.3 Å². The Balaban J connectivity index is 2.83. The predicted molar refractivity (Wildman–Crippen MR) is 78.9 cm³/mol. The van der Waals surface area contributed by atoms with Crippen molar-refractivity contribution in [2.24, 2.45) is 5.92 Å². The maximum absolute atomic E-state index is 12.7. The number of rotatable bonds is 7. The van der Waals surface area contributed by atoms with Gasteiger partial charge in [0.25, 0.3) is 0 Å². The Morgan fingerprint density at radius 3 is 2.68 bits per heavy atom. The highest BCUT2D eigenvalue weighted by Gasteiger charge is 2.36. The molecule has 0 saturated carbocycles. The van der Waals surface area contributed by atoms with Crippen molar-refractivity contribution in [1.29, 1.82) is 0 Å². The summed E-state index contributed by atoms with van der Waals surface area (Å²) in [4.78, 5) is 37.6. The zero-order valence-electron chi connectivity index (χ0n) is 13.3. The summed E-state index contributed by atoms with van der Waals surface area (Å²) in [5, 5.41) is 8.68. The van der Waals surface area contributed by atoms with Gasteiger partial charge in [-0.05, 0) is 25.7 Å². The zero-order valence-corrected chi connectivity index (χ0v) is 13.3. The van der Waals surface area contributed by atoms with E-state index in [1.807, 2.05) is 6.92 Å². The summed E-state index contributed by atoms with van der Waals surface area (Å²) < 4.78 is 4.78. The Bertz CT molecular complexity index is 399. The van der Waals surface area contributed by atoms with E-state index in [1.165, 1.54) is 7.11 Å². The second kappa shape index (κ2) is 9.40. The topological polar surface area (TPSA) is 95.9 Å². The van der Waals surface area contributed by atoms with Crippen molar-refractivity contribution in [3.63, 3.8) is 0 Å². The van der Waals surface area contributed by atoms with Gasteiger partial charge < -0.3 is 9.64 Å². The summed E-state index contributed by atoms with van der Waals surface area (Å²) in [6, 6.07) is -0.562. The van der Waals surface area contributed by atoms with E-state index in [1.54, 1.807) is 10.4 Å². The SMILES string of the molecule is CCCC[C@H](CC(=O)NO)C(=O)N1CCCCC1C(=O)OC. The van der Waals surface area contributed by atoms with Crippen LogP contribution in [-0.4, -0.2) is 47.6 Å². The Kier molecular flexibility index (Phi) is 7.87. The molecule has 2 atom stereocenters. The molecule has 0 radical (unpaired) electrons. The van der Waals surface area contributed by atoms with Gasteiger partial charge in [0, 0.05) is 18.9 Å². The molecule has 1 aliphatic heterocycles. The van der Waals surface area contributed by atoms with Crippen molar-refractivity contribution >= 4 is 17.8 Å². The van der Waals surface area contributed by atoms with E-state index in [9.17, 15) is 14.4 Å². The van der Waals surface area contributed by atoms with Gasteiger partial charge in [0.05, 0.1) is 7.11 Å². The summed E-state index contributed by atoms with van der Waals surface area (Å²) in [7, 11) is 1.31. The number of nitrogens with one attached hydrogen (secondary N) is 1. The molecule has 1 unspecified atom stereocenters. The van der Waals surface area contributed by atoms with Crippen LogP contribution in [0.25, 0.3) is 0 Å². The Morgan fingerprint density at radius 2 is 2.09 bits per heavy atom. The highest BCUT2D eigenvalue weighted by molar-refractivity contribution is 5.89. The molecule has 1 aliphatic rings. The molecular formula is C15H26N2O5. The average molecular weight is 314 g/mol. The van der Waals surface area contributed by atoms with Gasteiger partial charge >= 0.3 is 5.97 Å². The molecular weight excluding hydrogens is 288 g/mol. The standard InChI is InChI=1S/C15H26N2O5/c1-3-4-7-11(10-13(18)16-21)14(19)17-9-6-5-8-12(17)15(20)22-2/h11-12,21H,3-10H2,1-2H3,(H,16,18)/t11-,12?/m1/s1. The molecule has 0 aromatic heterocycles. The average Bonchev–Trinajstić information content (AvgIpc) is 2.56. The molecule has 2 amide bonds. The fourth-order valence-electron chi connectivity index (χ4n) is 2.84. The third-order valence-electron chi connectivity index (χ3n) is 4.07. The minimum Gasteiger partial charge on any atom is -0.467 e. The lowest BCUT2D eigenvalue weighted by molar-refractivity contribution is -0.157. The Morgan fingerprint density at radius 1 is 1.36 bits per heavy atom. The lowest BCUT2D eigenvalue weighted by Crippen LogP contribution is -2.51. The molecule has 7 heteroatoms. The monoisotopic (exact) mass is 314 g/mol. The van der Waals surface area contributed by atoms with Crippen LogP contribution in [0.4, 0.5) is 0 Å². The largest absolute Gasteiger partial charge is 0.467 e. The summed E-state index contributed by atoms with van der Waals surface area (Å²) in [5.41, 5.74) is 1.57. The number of hydroxylamine groups is 1. The zero-order chi connectivity index (χ0) is 16.5. The predicted octanol–water partition coefficient (Wildman–Crippen LogP) is 1.24. The smallest absolute Gasteiger partial charge is 0.328 e. The molecule has 2 N–H and O–H groups in total. The molecule has 126 valence electrons. The van der Waals surface area contributed by atoms with Crippen LogP contribution in [0.2, 0.25) is 0 Å². The molecule has 7 nitrogen and oxygen atoms in total. The first-order valence-electron chi connectivity index (χ1n) is 7.86. The van der Waals surface area contributed by atoms with E-state index in [-0.39, 0.29) is 12.3 Å². The highest BCUT2D eigenvalue weighted by atomic mass is 16.5. The van der Waals surface area contributed by atoms with Crippen molar-refractivity contribution in [3.05, 3.63) is 0 Å². The maximum atomic E-state index is 12.7. The van der Waals surface area contributed by atoms with Crippen molar-refractivity contribution in [2.75, 3.05) is 13.7 Å². The number of hydrogen-bond donors (Lipinski definition) is 2. The van der Waals surface area contributed by atoms with Crippen LogP contribution in [-0.2, 0) is 19.1 Å². The van der Waals surface area contributed by atoms with Crippen molar-refractivity contribution in [2.45, 2.75) is 57.9 Å². The molecule has 0 bridgehead atoms. The van der Waals surface area contributed by atoms with Gasteiger partial charge in [-0.15, -0.1) is 0 Å². The molecule has 0 aliphatic carbocycles. The van der Waals surface area contributed by atoms with E-state index in [4.69, 9.17) is 9.94 Å². The maximum Gasteiger partial charge on any atom is 0.328 e. The van der Waals surface area contributed by atoms with Crippen LogP contribution in [0.5, 0.6) is 0 Å². The van der Waals surface area contributed by atoms with Gasteiger partial charge in [-0.3, -0.25) is 14.8 Å². The number of methoxy groups -OCH3 is 1. The molecule has 0 spiro atoms. The Hall–Kier alpha value is -1.63. The third-order valence-corrected chi connectivity index (χ3v) is 4.07. The summed E-state index contributed by atoms with van der Waals surface area (Å²) in [6.07, 6.45) is 4.51. The van der Waals surface area contributed by atoms with Crippen molar-refractivity contribution in [1.82, 2.24) is 10.4 Å². The molecule has 1 fully saturated rings. The second-order valence-corrected chi connectivity index (χ2v) is 5.64. The molecule has 0 aromatic rings. The van der Waals surface area contributed by atoms with Crippen LogP contribution in [0, 0.1) is 5.92 Å². The van der Waals surface area contributed by atoms with Crippen molar-refractivity contribution in [3.8, 4) is 0 Å². The fraction of sp³-hybridized carbons (Fsp3) is 0.800. The lowest BCUT2D eigenvalue weighted by Gasteiger charge is -2.36. The van der Waals surface area contributed by atoms with Gasteiger partial charge in [0.15, 0.2) is 0 Å². The van der Waals surface area contributed by atoms with E-state index in [0.717, 1.165) is 25.7 Å². The van der Waals surface area contributed by atoms with Crippen LogP contribution in [0.1, 0.15) is 51.9 Å². The number of nitrogens with zero attached hydrogens (tertiary/aromatic N) is 1. The first-order chi connectivity index (χ1) is 10.5. The van der Waals surface area contributed by atoms with E-state index in [2.05, 4.69) is 0 Å². The fourth-order valence-corrected chi connectivity index (χ4v) is 2.84. The molecule has 1 rings (SSSR count). The van der Waals surface area contributed by atoms with Crippen LogP contribution < -0.4 is 5.48 Å². The van der Waals surface area contributed by atoms with Crippen molar-refractivity contribution < 1.29 is 24.3 Å². The number of hydrogen-bond acceptors (Lipinski definition) is 5. The van der Waals surface area contributed by atoms with Gasteiger partial charge in [-0.2, -0.15) is 0 Å². The van der Waals surface area contributed by atoms with Gasteiger partial charge in [0.1, 0.15) is 6.04 Å². The first-order valence-corrected chi connectivity index (χ1v) is 7.86. The molecule has 1 heterocycles. The number of ether oxygens (including phenoxy) is 1. The molecule has 1 saturated heterocycles. The van der Waals surface area contributed by atoms with Crippen LogP contribution in [0.15, 0.2) is 0 Å². The normalized spacial score (nSPS) is 19.4. The quantitative estimate of drug-likeness (QED) is 0.419. The number of carbonyl (C=O) groups is 3. The van der Waals surface area contributed by atoms with Crippen LogP contribution in [0.3, 0.4) is 0 Å². The molecule has 0 aromatic carbocycles. The minimum atomic E-state index is -0.582. The molecule has 22 heavy (non-hydrogen) atoms. The number of unbranched alkanes of at least 4 members (excludes halogenated alkanes) is 1. The third kappa shape index (κ3) is 4.98. The summed E-state index contributed by atoms with van der Waals surface area (Å²) >= 11 is 0. The van der Waals surface area contributed by atoms with E-state index in [0.29, 0.717) is 19.4 Å². The number of piperidine rings is 1.